The van der Waals surface area contributed by atoms with E-state index in [1.54, 1.807) is 11.3 Å². The van der Waals surface area contributed by atoms with Crippen LogP contribution in [0.1, 0.15) is 36.6 Å². The van der Waals surface area contributed by atoms with Crippen molar-refractivity contribution in [3.8, 4) is 0 Å². The molecule has 1 saturated heterocycles. The average molecular weight is 253 g/mol. The van der Waals surface area contributed by atoms with Crippen molar-refractivity contribution in [3.63, 3.8) is 0 Å². The van der Waals surface area contributed by atoms with Gasteiger partial charge in [-0.1, -0.05) is 13.8 Å². The molecule has 17 heavy (non-hydrogen) atoms. The summed E-state index contributed by atoms with van der Waals surface area (Å²) in [6.45, 7) is 9.93. The second-order valence-electron chi connectivity index (χ2n) is 5.58. The summed E-state index contributed by atoms with van der Waals surface area (Å²) >= 11 is 1.78. The monoisotopic (exact) mass is 253 g/mol. The largest absolute Gasteiger partial charge is 0.312 e. The molecule has 2 rings (SSSR count). The smallest absolute Gasteiger partial charge is 0.0897 e. The Bertz CT molecular complexity index is 359. The molecular formula is C13H23N3S. The molecular weight excluding hydrogens is 230 g/mol. The zero-order chi connectivity index (χ0) is 12.3. The first-order valence-corrected chi connectivity index (χ1v) is 7.25. The van der Waals surface area contributed by atoms with Crippen molar-refractivity contribution < 1.29 is 0 Å². The van der Waals surface area contributed by atoms with E-state index in [9.17, 15) is 0 Å². The molecule has 1 aliphatic heterocycles. The molecule has 0 aliphatic carbocycles. The Kier molecular flexibility index (Phi) is 4.17. The van der Waals surface area contributed by atoms with Crippen LogP contribution in [-0.2, 0) is 6.54 Å². The summed E-state index contributed by atoms with van der Waals surface area (Å²) in [6, 6.07) is 0.588. The summed E-state index contributed by atoms with van der Waals surface area (Å²) in [7, 11) is 0. The van der Waals surface area contributed by atoms with Crippen LogP contribution >= 0.6 is 11.3 Å². The molecule has 1 aromatic heterocycles. The maximum atomic E-state index is 4.27. The lowest BCUT2D eigenvalue weighted by Crippen LogP contribution is -2.51. The third-order valence-electron chi connectivity index (χ3n) is 3.65. The van der Waals surface area contributed by atoms with E-state index in [0.717, 1.165) is 24.6 Å². The van der Waals surface area contributed by atoms with Crippen LogP contribution in [0, 0.1) is 12.3 Å². The SMILES string of the molecule is Cc1ncc(CNCC2NCCCC2(C)C)s1. The molecule has 1 fully saturated rings. The fraction of sp³-hybridized carbons (Fsp3) is 0.769. The quantitative estimate of drug-likeness (QED) is 0.864. The lowest BCUT2D eigenvalue weighted by atomic mass is 9.77. The van der Waals surface area contributed by atoms with Crippen molar-refractivity contribution in [1.29, 1.82) is 0 Å². The third-order valence-corrected chi connectivity index (χ3v) is 4.56. The fourth-order valence-electron chi connectivity index (χ4n) is 2.45. The minimum absolute atomic E-state index is 0.412. The van der Waals surface area contributed by atoms with E-state index in [4.69, 9.17) is 0 Å². The van der Waals surface area contributed by atoms with Gasteiger partial charge in [-0.15, -0.1) is 11.3 Å². The summed E-state index contributed by atoms with van der Waals surface area (Å²) in [5.74, 6) is 0. The number of aromatic nitrogens is 1. The normalized spacial score (nSPS) is 23.8. The van der Waals surface area contributed by atoms with Gasteiger partial charge in [-0.2, -0.15) is 0 Å². The highest BCUT2D eigenvalue weighted by molar-refractivity contribution is 7.11. The summed E-state index contributed by atoms with van der Waals surface area (Å²) in [5.41, 5.74) is 0.412. The highest BCUT2D eigenvalue weighted by Gasteiger charge is 2.31. The highest BCUT2D eigenvalue weighted by Crippen LogP contribution is 2.29. The van der Waals surface area contributed by atoms with Crippen molar-refractivity contribution in [3.05, 3.63) is 16.1 Å². The van der Waals surface area contributed by atoms with Crippen LogP contribution in [0.3, 0.4) is 0 Å². The van der Waals surface area contributed by atoms with Crippen molar-refractivity contribution in [2.45, 2.75) is 46.2 Å². The number of hydrogen-bond acceptors (Lipinski definition) is 4. The molecule has 0 spiro atoms. The summed E-state index contributed by atoms with van der Waals surface area (Å²) in [5, 5.41) is 8.33. The van der Waals surface area contributed by atoms with Gasteiger partial charge < -0.3 is 10.6 Å². The van der Waals surface area contributed by atoms with Crippen molar-refractivity contribution in [2.75, 3.05) is 13.1 Å². The van der Waals surface area contributed by atoms with Crippen LogP contribution in [0.2, 0.25) is 0 Å². The molecule has 1 aromatic rings. The van der Waals surface area contributed by atoms with Gasteiger partial charge in [0.2, 0.25) is 0 Å². The highest BCUT2D eigenvalue weighted by atomic mass is 32.1. The molecule has 0 amide bonds. The number of aryl methyl sites for hydroxylation is 1. The van der Waals surface area contributed by atoms with Gasteiger partial charge in [0.1, 0.15) is 0 Å². The Hall–Kier alpha value is -0.450. The molecule has 0 bridgehead atoms. The van der Waals surface area contributed by atoms with Gasteiger partial charge in [0.05, 0.1) is 5.01 Å². The van der Waals surface area contributed by atoms with E-state index in [-0.39, 0.29) is 0 Å². The first kappa shape index (κ1) is 13.0. The molecule has 96 valence electrons. The molecule has 0 radical (unpaired) electrons. The predicted molar refractivity (Wildman–Crippen MR) is 73.4 cm³/mol. The number of nitrogens with zero attached hydrogens (tertiary/aromatic N) is 1. The average Bonchev–Trinajstić information content (AvgIpc) is 2.67. The lowest BCUT2D eigenvalue weighted by molar-refractivity contribution is 0.176. The maximum Gasteiger partial charge on any atom is 0.0897 e. The Labute approximate surface area is 108 Å². The third kappa shape index (κ3) is 3.50. The molecule has 2 heterocycles. The first-order chi connectivity index (χ1) is 8.08. The molecule has 1 unspecified atom stereocenters. The molecule has 3 nitrogen and oxygen atoms in total. The van der Waals surface area contributed by atoms with E-state index in [2.05, 4.69) is 36.4 Å². The molecule has 0 saturated carbocycles. The number of thiazole rings is 1. The minimum atomic E-state index is 0.412. The minimum Gasteiger partial charge on any atom is -0.312 e. The van der Waals surface area contributed by atoms with Crippen LogP contribution in [-0.4, -0.2) is 24.1 Å². The van der Waals surface area contributed by atoms with E-state index in [1.165, 1.54) is 17.7 Å². The standard InChI is InChI=1S/C13H23N3S/c1-10-16-8-11(17-10)7-14-9-12-13(2,3)5-4-6-15-12/h8,12,14-15H,4-7,9H2,1-3H3. The van der Waals surface area contributed by atoms with Crippen LogP contribution in [0.4, 0.5) is 0 Å². The second kappa shape index (κ2) is 5.46. The van der Waals surface area contributed by atoms with Gasteiger partial charge >= 0.3 is 0 Å². The van der Waals surface area contributed by atoms with Gasteiger partial charge in [0, 0.05) is 30.2 Å². The van der Waals surface area contributed by atoms with Crippen LogP contribution in [0.5, 0.6) is 0 Å². The van der Waals surface area contributed by atoms with Crippen molar-refractivity contribution >= 4 is 11.3 Å². The molecule has 1 atom stereocenters. The maximum absolute atomic E-state index is 4.27. The Balaban J connectivity index is 1.77. The number of nitrogens with one attached hydrogen (secondary N) is 2. The zero-order valence-electron chi connectivity index (χ0n) is 11.0. The topological polar surface area (TPSA) is 37.0 Å². The molecule has 1 aliphatic rings. The molecule has 0 aromatic carbocycles. The van der Waals surface area contributed by atoms with E-state index >= 15 is 0 Å². The summed E-state index contributed by atoms with van der Waals surface area (Å²) in [4.78, 5) is 5.60. The number of hydrogen-bond donors (Lipinski definition) is 2. The molecule has 4 heteroatoms. The fourth-order valence-corrected chi connectivity index (χ4v) is 3.21. The van der Waals surface area contributed by atoms with Crippen molar-refractivity contribution in [2.24, 2.45) is 5.41 Å². The van der Waals surface area contributed by atoms with Crippen LogP contribution in [0.15, 0.2) is 6.20 Å². The first-order valence-electron chi connectivity index (χ1n) is 6.43. The number of rotatable bonds is 4. The summed E-state index contributed by atoms with van der Waals surface area (Å²) < 4.78 is 0. The predicted octanol–water partition coefficient (Wildman–Crippen LogP) is 2.32. The van der Waals surface area contributed by atoms with E-state index in [1.807, 2.05) is 6.20 Å². The van der Waals surface area contributed by atoms with Gasteiger partial charge in [-0.05, 0) is 31.7 Å². The van der Waals surface area contributed by atoms with Gasteiger partial charge in [0.15, 0.2) is 0 Å². The second-order valence-corrected chi connectivity index (χ2v) is 6.89. The van der Waals surface area contributed by atoms with Crippen LogP contribution in [0.25, 0.3) is 0 Å². The lowest BCUT2D eigenvalue weighted by Gasteiger charge is -2.39. The van der Waals surface area contributed by atoms with Gasteiger partial charge in [0.25, 0.3) is 0 Å². The number of piperidine rings is 1. The summed E-state index contributed by atoms with van der Waals surface area (Å²) in [6.07, 6.45) is 4.61. The van der Waals surface area contributed by atoms with Gasteiger partial charge in [-0.3, -0.25) is 0 Å². The Morgan fingerprint density at radius 2 is 2.41 bits per heavy atom. The van der Waals surface area contributed by atoms with Crippen LogP contribution < -0.4 is 10.6 Å². The van der Waals surface area contributed by atoms with Crippen molar-refractivity contribution in [1.82, 2.24) is 15.6 Å². The van der Waals surface area contributed by atoms with Gasteiger partial charge in [-0.25, -0.2) is 4.98 Å². The Morgan fingerprint density at radius 3 is 3.06 bits per heavy atom. The zero-order valence-corrected chi connectivity index (χ0v) is 11.9. The molecule has 2 N–H and O–H groups in total. The Morgan fingerprint density at radius 1 is 1.59 bits per heavy atom. The van der Waals surface area contributed by atoms with E-state index < -0.39 is 0 Å². The van der Waals surface area contributed by atoms with E-state index in [0.29, 0.717) is 11.5 Å².